The average Bonchev–Trinajstić information content (AvgIpc) is 2.96. The van der Waals surface area contributed by atoms with E-state index in [0.717, 1.165) is 4.31 Å². The first-order valence-corrected chi connectivity index (χ1v) is 15.8. The average molecular weight is 651 g/mol. The minimum Gasteiger partial charge on any atom is -0.497 e. The van der Waals surface area contributed by atoms with Crippen LogP contribution in [0.1, 0.15) is 39.7 Å². The highest BCUT2D eigenvalue weighted by Gasteiger charge is 2.36. The number of halogens is 2. The van der Waals surface area contributed by atoms with E-state index < -0.39 is 40.0 Å². The lowest BCUT2D eigenvalue weighted by Crippen LogP contribution is -2.55. The second-order valence-corrected chi connectivity index (χ2v) is 13.4. The number of rotatable bonds is 12. The Balaban J connectivity index is 2.15. The van der Waals surface area contributed by atoms with Gasteiger partial charge in [-0.15, -0.1) is 0 Å². The number of ether oxygens (including phenoxy) is 2. The SMILES string of the molecule is CCC(C(=O)NC(C)(C)C)N(Cc1c(Cl)cccc1Cl)C(=O)CN(c1ccccc1OC)S(=O)(=O)c1ccc(OC)cc1. The fourth-order valence-corrected chi connectivity index (χ4v) is 6.39. The number of carbonyl (C=O) groups excluding carboxylic acids is 2. The van der Waals surface area contributed by atoms with Crippen molar-refractivity contribution in [2.24, 2.45) is 0 Å². The van der Waals surface area contributed by atoms with Gasteiger partial charge in [0.1, 0.15) is 24.1 Å². The van der Waals surface area contributed by atoms with Crippen molar-refractivity contribution >= 4 is 50.7 Å². The predicted molar refractivity (Wildman–Crippen MR) is 170 cm³/mol. The van der Waals surface area contributed by atoms with Gasteiger partial charge in [-0.25, -0.2) is 8.42 Å². The molecule has 0 radical (unpaired) electrons. The Hall–Kier alpha value is -3.47. The van der Waals surface area contributed by atoms with Crippen molar-refractivity contribution in [3.63, 3.8) is 0 Å². The van der Waals surface area contributed by atoms with E-state index in [4.69, 9.17) is 32.7 Å². The number of methoxy groups -OCH3 is 2. The fraction of sp³-hybridized carbons (Fsp3) is 0.355. The van der Waals surface area contributed by atoms with Crippen molar-refractivity contribution in [2.45, 2.75) is 57.1 Å². The molecule has 3 aromatic carbocycles. The standard InChI is InChI=1S/C31H37Cl2N3O6S/c1-7-26(30(38)34-31(2,3)4)35(19-23-24(32)11-10-12-25(23)33)29(37)20-36(27-13-8-9-14-28(27)42-6)43(39,40)22-17-15-21(41-5)16-18-22/h8-18,26H,7,19-20H2,1-6H3,(H,34,38). The minimum atomic E-state index is -4.31. The van der Waals surface area contributed by atoms with Crippen LogP contribution < -0.4 is 19.1 Å². The van der Waals surface area contributed by atoms with Gasteiger partial charge in [0.25, 0.3) is 10.0 Å². The van der Waals surface area contributed by atoms with Gasteiger partial charge >= 0.3 is 0 Å². The van der Waals surface area contributed by atoms with Crippen LogP contribution >= 0.6 is 23.2 Å². The number of sulfonamides is 1. The van der Waals surface area contributed by atoms with E-state index >= 15 is 0 Å². The first-order chi connectivity index (χ1) is 20.2. The summed E-state index contributed by atoms with van der Waals surface area (Å²) in [5, 5.41) is 3.55. The molecule has 0 fully saturated rings. The normalized spacial score (nSPS) is 12.3. The Bertz CT molecular complexity index is 1520. The van der Waals surface area contributed by atoms with Crippen LogP contribution in [0.25, 0.3) is 0 Å². The summed E-state index contributed by atoms with van der Waals surface area (Å²) in [5.41, 5.74) is 0.00251. The maximum Gasteiger partial charge on any atom is 0.264 e. The summed E-state index contributed by atoms with van der Waals surface area (Å²) in [6, 6.07) is 16.3. The zero-order chi connectivity index (χ0) is 31.9. The van der Waals surface area contributed by atoms with E-state index in [0.29, 0.717) is 21.4 Å². The lowest BCUT2D eigenvalue weighted by atomic mass is 10.1. The molecule has 12 heteroatoms. The molecule has 0 saturated carbocycles. The Morgan fingerprint density at radius 1 is 0.907 bits per heavy atom. The summed E-state index contributed by atoms with van der Waals surface area (Å²) in [7, 11) is -1.43. The minimum absolute atomic E-state index is 0.0646. The molecule has 0 saturated heterocycles. The second kappa shape index (κ2) is 14.3. The third-order valence-corrected chi connectivity index (χ3v) is 9.04. The van der Waals surface area contributed by atoms with Gasteiger partial charge in [0.05, 0.1) is 24.8 Å². The molecule has 1 unspecified atom stereocenters. The lowest BCUT2D eigenvalue weighted by molar-refractivity contribution is -0.141. The fourth-order valence-electron chi connectivity index (χ4n) is 4.45. The monoisotopic (exact) mass is 649 g/mol. The van der Waals surface area contributed by atoms with E-state index in [1.807, 2.05) is 20.8 Å². The van der Waals surface area contributed by atoms with Crippen molar-refractivity contribution < 1.29 is 27.5 Å². The number of nitrogens with zero attached hydrogens (tertiary/aromatic N) is 2. The quantitative estimate of drug-likeness (QED) is 0.261. The largest absolute Gasteiger partial charge is 0.497 e. The first-order valence-electron chi connectivity index (χ1n) is 13.6. The molecule has 3 rings (SSSR count). The molecule has 2 amide bonds. The summed E-state index contributed by atoms with van der Waals surface area (Å²) in [6.07, 6.45) is 0.246. The molecule has 43 heavy (non-hydrogen) atoms. The maximum atomic E-state index is 14.3. The Morgan fingerprint density at radius 2 is 1.51 bits per heavy atom. The molecule has 232 valence electrons. The Kier molecular flexibility index (Phi) is 11.3. The van der Waals surface area contributed by atoms with Crippen molar-refractivity contribution in [3.8, 4) is 11.5 Å². The molecule has 0 aliphatic heterocycles. The van der Waals surface area contributed by atoms with Crippen LogP contribution in [0.5, 0.6) is 11.5 Å². The number of para-hydroxylation sites is 2. The molecule has 0 aromatic heterocycles. The van der Waals surface area contributed by atoms with Gasteiger partial charge < -0.3 is 19.7 Å². The summed E-state index contributed by atoms with van der Waals surface area (Å²) in [4.78, 5) is 29.0. The number of amides is 2. The topological polar surface area (TPSA) is 105 Å². The van der Waals surface area contributed by atoms with Crippen LogP contribution in [0, 0.1) is 0 Å². The van der Waals surface area contributed by atoms with Gasteiger partial charge in [-0.2, -0.15) is 0 Å². The Labute approximate surface area is 263 Å². The summed E-state index contributed by atoms with van der Waals surface area (Å²) in [5.74, 6) is -0.328. The molecular formula is C31H37Cl2N3O6S. The van der Waals surface area contributed by atoms with E-state index in [1.54, 1.807) is 49.4 Å². The molecule has 0 aliphatic rings. The van der Waals surface area contributed by atoms with Crippen molar-refractivity contribution in [2.75, 3.05) is 25.1 Å². The summed E-state index contributed by atoms with van der Waals surface area (Å²) in [6.45, 7) is 6.50. The van der Waals surface area contributed by atoms with E-state index in [9.17, 15) is 18.0 Å². The van der Waals surface area contributed by atoms with Crippen molar-refractivity contribution in [1.82, 2.24) is 10.2 Å². The number of hydrogen-bond acceptors (Lipinski definition) is 6. The maximum absolute atomic E-state index is 14.3. The number of nitrogens with one attached hydrogen (secondary N) is 1. The highest BCUT2D eigenvalue weighted by molar-refractivity contribution is 7.92. The number of anilines is 1. The molecule has 9 nitrogen and oxygen atoms in total. The van der Waals surface area contributed by atoms with Gasteiger partial charge in [-0.1, -0.05) is 48.3 Å². The molecule has 0 heterocycles. The van der Waals surface area contributed by atoms with Crippen LogP contribution in [0.3, 0.4) is 0 Å². The van der Waals surface area contributed by atoms with Crippen LogP contribution in [-0.2, 0) is 26.2 Å². The third kappa shape index (κ3) is 8.34. The van der Waals surface area contributed by atoms with Gasteiger partial charge in [-0.05, 0) is 75.7 Å². The summed E-state index contributed by atoms with van der Waals surface area (Å²) < 4.78 is 39.9. The van der Waals surface area contributed by atoms with Gasteiger partial charge in [0, 0.05) is 27.7 Å². The predicted octanol–water partition coefficient (Wildman–Crippen LogP) is 5.93. The lowest BCUT2D eigenvalue weighted by Gasteiger charge is -2.35. The van der Waals surface area contributed by atoms with Crippen LogP contribution in [-0.4, -0.2) is 57.5 Å². The molecule has 0 spiro atoms. The molecule has 1 atom stereocenters. The van der Waals surface area contributed by atoms with Gasteiger partial charge in [0.2, 0.25) is 11.8 Å². The second-order valence-electron chi connectivity index (χ2n) is 10.7. The molecule has 3 aromatic rings. The van der Waals surface area contributed by atoms with Crippen molar-refractivity contribution in [1.29, 1.82) is 0 Å². The summed E-state index contributed by atoms with van der Waals surface area (Å²) >= 11 is 12.9. The number of carbonyl (C=O) groups is 2. The molecular weight excluding hydrogens is 613 g/mol. The molecule has 0 aliphatic carbocycles. The molecule has 1 N–H and O–H groups in total. The smallest absolute Gasteiger partial charge is 0.264 e. The number of hydrogen-bond donors (Lipinski definition) is 1. The van der Waals surface area contributed by atoms with E-state index in [1.165, 1.54) is 43.4 Å². The van der Waals surface area contributed by atoms with Crippen LogP contribution in [0.2, 0.25) is 10.0 Å². The van der Waals surface area contributed by atoms with E-state index in [2.05, 4.69) is 5.32 Å². The van der Waals surface area contributed by atoms with Crippen LogP contribution in [0.4, 0.5) is 5.69 Å². The zero-order valence-electron chi connectivity index (χ0n) is 25.1. The number of benzene rings is 3. The van der Waals surface area contributed by atoms with Crippen molar-refractivity contribution in [3.05, 3.63) is 82.3 Å². The highest BCUT2D eigenvalue weighted by Crippen LogP contribution is 2.33. The van der Waals surface area contributed by atoms with Crippen LogP contribution in [0.15, 0.2) is 71.6 Å². The van der Waals surface area contributed by atoms with E-state index in [-0.39, 0.29) is 29.3 Å². The highest BCUT2D eigenvalue weighted by atomic mass is 35.5. The Morgan fingerprint density at radius 3 is 2.05 bits per heavy atom. The van der Waals surface area contributed by atoms with Gasteiger partial charge in [0.15, 0.2) is 0 Å². The van der Waals surface area contributed by atoms with Gasteiger partial charge in [-0.3, -0.25) is 13.9 Å². The molecule has 0 bridgehead atoms. The zero-order valence-corrected chi connectivity index (χ0v) is 27.4. The first kappa shape index (κ1) is 34.0. The third-order valence-electron chi connectivity index (χ3n) is 6.55.